The Balaban J connectivity index is 1.47. The molecule has 8 nitrogen and oxygen atoms in total. The summed E-state index contributed by atoms with van der Waals surface area (Å²) < 4.78 is 13.6. The first kappa shape index (κ1) is 21.8. The van der Waals surface area contributed by atoms with E-state index in [0.29, 0.717) is 13.1 Å². The summed E-state index contributed by atoms with van der Waals surface area (Å²) in [6.07, 6.45) is 1.48. The molecule has 0 spiro atoms. The Morgan fingerprint density at radius 3 is 1.80 bits per heavy atom. The van der Waals surface area contributed by atoms with Crippen LogP contribution in [0.5, 0.6) is 0 Å². The number of non-ortho nitro benzene ring substituents is 2. The van der Waals surface area contributed by atoms with Crippen molar-refractivity contribution in [3.63, 3.8) is 0 Å². The van der Waals surface area contributed by atoms with Crippen molar-refractivity contribution in [1.82, 2.24) is 9.80 Å². The predicted octanol–water partition coefficient (Wildman–Crippen LogP) is 3.24. The Labute approximate surface area is 174 Å². The molecule has 9 heteroatoms. The standard InChI is InChI=1S/C21H25FN4O4/c22-15-21-16-23(11-9-17-1-5-19(6-2-17)25(27)28)13-14-24(21)12-10-18-3-7-20(8-4-18)26(29)30/h1-8,21H,9-16H2. The topological polar surface area (TPSA) is 92.8 Å². The van der Waals surface area contributed by atoms with Gasteiger partial charge in [0.05, 0.1) is 15.9 Å². The van der Waals surface area contributed by atoms with E-state index in [1.807, 2.05) is 0 Å². The molecule has 1 saturated heterocycles. The van der Waals surface area contributed by atoms with Gasteiger partial charge in [0.2, 0.25) is 0 Å². The molecule has 0 aliphatic carbocycles. The van der Waals surface area contributed by atoms with Crippen molar-refractivity contribution in [3.05, 3.63) is 79.9 Å². The summed E-state index contributed by atoms with van der Waals surface area (Å²) in [5, 5.41) is 21.5. The van der Waals surface area contributed by atoms with Crippen LogP contribution in [-0.4, -0.2) is 65.1 Å². The van der Waals surface area contributed by atoms with Crippen LogP contribution in [0.15, 0.2) is 48.5 Å². The van der Waals surface area contributed by atoms with Gasteiger partial charge in [-0.15, -0.1) is 0 Å². The van der Waals surface area contributed by atoms with E-state index >= 15 is 0 Å². The zero-order valence-electron chi connectivity index (χ0n) is 16.7. The number of nitro benzene ring substituents is 2. The second kappa shape index (κ2) is 10.2. The average molecular weight is 416 g/mol. The highest BCUT2D eigenvalue weighted by molar-refractivity contribution is 5.33. The van der Waals surface area contributed by atoms with Crippen LogP contribution >= 0.6 is 0 Å². The SMILES string of the molecule is O=[N+]([O-])c1ccc(CCN2CCN(CCc3ccc([N+](=O)[O-])cc3)C(CF)C2)cc1. The van der Waals surface area contributed by atoms with Gasteiger partial charge in [-0.2, -0.15) is 0 Å². The molecule has 160 valence electrons. The lowest BCUT2D eigenvalue weighted by Gasteiger charge is -2.40. The minimum absolute atomic E-state index is 0.0713. The van der Waals surface area contributed by atoms with E-state index in [-0.39, 0.29) is 17.4 Å². The molecule has 1 aliphatic rings. The molecule has 0 saturated carbocycles. The second-order valence-electron chi connectivity index (χ2n) is 7.49. The molecule has 1 atom stereocenters. The summed E-state index contributed by atoms with van der Waals surface area (Å²) in [5.41, 5.74) is 2.18. The van der Waals surface area contributed by atoms with Crippen molar-refractivity contribution < 1.29 is 14.2 Å². The number of alkyl halides is 1. The normalized spacial score (nSPS) is 17.7. The lowest BCUT2D eigenvalue weighted by molar-refractivity contribution is -0.385. The molecule has 2 aromatic carbocycles. The number of hydrogen-bond donors (Lipinski definition) is 0. The van der Waals surface area contributed by atoms with Crippen molar-refractivity contribution in [1.29, 1.82) is 0 Å². The summed E-state index contributed by atoms with van der Waals surface area (Å²) in [7, 11) is 0. The first-order valence-electron chi connectivity index (χ1n) is 9.95. The van der Waals surface area contributed by atoms with Crippen molar-refractivity contribution >= 4 is 11.4 Å². The van der Waals surface area contributed by atoms with Crippen LogP contribution in [0.2, 0.25) is 0 Å². The van der Waals surface area contributed by atoms with Crippen LogP contribution in [-0.2, 0) is 12.8 Å². The van der Waals surface area contributed by atoms with Gasteiger partial charge in [-0.05, 0) is 24.0 Å². The Bertz CT molecular complexity index is 860. The van der Waals surface area contributed by atoms with E-state index in [9.17, 15) is 24.6 Å². The molecule has 0 amide bonds. The Morgan fingerprint density at radius 2 is 1.33 bits per heavy atom. The van der Waals surface area contributed by atoms with E-state index in [2.05, 4.69) is 9.80 Å². The molecule has 1 heterocycles. The van der Waals surface area contributed by atoms with Crippen molar-refractivity contribution in [2.75, 3.05) is 39.4 Å². The third kappa shape index (κ3) is 5.80. The van der Waals surface area contributed by atoms with Gasteiger partial charge in [0.15, 0.2) is 0 Å². The summed E-state index contributed by atoms with van der Waals surface area (Å²) in [4.78, 5) is 25.0. The van der Waals surface area contributed by atoms with Crippen LogP contribution in [0, 0.1) is 20.2 Å². The molecule has 0 radical (unpaired) electrons. The largest absolute Gasteiger partial charge is 0.300 e. The quantitative estimate of drug-likeness (QED) is 0.460. The summed E-state index contributed by atoms with van der Waals surface area (Å²) in [5.74, 6) is 0. The molecule has 1 fully saturated rings. The van der Waals surface area contributed by atoms with Gasteiger partial charge in [-0.25, -0.2) is 4.39 Å². The lowest BCUT2D eigenvalue weighted by Crippen LogP contribution is -2.54. The molecule has 30 heavy (non-hydrogen) atoms. The average Bonchev–Trinajstić information content (AvgIpc) is 2.77. The second-order valence-corrected chi connectivity index (χ2v) is 7.49. The number of hydrogen-bond acceptors (Lipinski definition) is 6. The first-order valence-corrected chi connectivity index (χ1v) is 9.95. The number of rotatable bonds is 9. The zero-order valence-corrected chi connectivity index (χ0v) is 16.7. The highest BCUT2D eigenvalue weighted by Gasteiger charge is 2.26. The van der Waals surface area contributed by atoms with Gasteiger partial charge in [0.25, 0.3) is 11.4 Å². The maximum atomic E-state index is 13.6. The third-order valence-electron chi connectivity index (χ3n) is 5.57. The molecule has 1 aliphatic heterocycles. The number of piperazine rings is 1. The fourth-order valence-corrected chi connectivity index (χ4v) is 3.73. The van der Waals surface area contributed by atoms with Crippen LogP contribution in [0.3, 0.4) is 0 Å². The highest BCUT2D eigenvalue weighted by atomic mass is 19.1. The van der Waals surface area contributed by atoms with E-state index in [4.69, 9.17) is 0 Å². The summed E-state index contributed by atoms with van der Waals surface area (Å²) >= 11 is 0. The molecule has 0 N–H and O–H groups in total. The zero-order chi connectivity index (χ0) is 21.5. The minimum atomic E-state index is -0.422. The van der Waals surface area contributed by atoms with Gasteiger partial charge >= 0.3 is 0 Å². The molecule has 3 rings (SSSR count). The number of halogens is 1. The summed E-state index contributed by atoms with van der Waals surface area (Å²) in [6, 6.07) is 12.9. The van der Waals surface area contributed by atoms with Crippen LogP contribution in [0.25, 0.3) is 0 Å². The van der Waals surface area contributed by atoms with Crippen LogP contribution in [0.1, 0.15) is 11.1 Å². The van der Waals surface area contributed by atoms with E-state index in [0.717, 1.165) is 43.6 Å². The van der Waals surface area contributed by atoms with E-state index in [1.165, 1.54) is 24.3 Å². The number of nitrogens with zero attached hydrogens (tertiary/aromatic N) is 4. The molecule has 1 unspecified atom stereocenters. The van der Waals surface area contributed by atoms with E-state index in [1.54, 1.807) is 24.3 Å². The maximum Gasteiger partial charge on any atom is 0.269 e. The van der Waals surface area contributed by atoms with E-state index < -0.39 is 16.5 Å². The van der Waals surface area contributed by atoms with Gasteiger partial charge in [0, 0.05) is 57.0 Å². The maximum absolute atomic E-state index is 13.6. The molecule has 2 aromatic rings. The Hall–Kier alpha value is -2.91. The van der Waals surface area contributed by atoms with Crippen LogP contribution < -0.4 is 0 Å². The molecular formula is C21H25FN4O4. The number of nitro groups is 2. The lowest BCUT2D eigenvalue weighted by atomic mass is 10.1. The van der Waals surface area contributed by atoms with Gasteiger partial charge in [-0.1, -0.05) is 24.3 Å². The van der Waals surface area contributed by atoms with Crippen molar-refractivity contribution in [3.8, 4) is 0 Å². The fraction of sp³-hybridized carbons (Fsp3) is 0.429. The molecular weight excluding hydrogens is 391 g/mol. The smallest absolute Gasteiger partial charge is 0.269 e. The Kier molecular flexibility index (Phi) is 7.42. The van der Waals surface area contributed by atoms with Gasteiger partial charge < -0.3 is 4.90 Å². The predicted molar refractivity (Wildman–Crippen MR) is 111 cm³/mol. The van der Waals surface area contributed by atoms with Crippen molar-refractivity contribution in [2.24, 2.45) is 0 Å². The fourth-order valence-electron chi connectivity index (χ4n) is 3.73. The Morgan fingerprint density at radius 1 is 0.833 bits per heavy atom. The first-order chi connectivity index (χ1) is 14.5. The highest BCUT2D eigenvalue weighted by Crippen LogP contribution is 2.17. The molecule has 0 aromatic heterocycles. The summed E-state index contributed by atoms with van der Waals surface area (Å²) in [6.45, 7) is 3.32. The van der Waals surface area contributed by atoms with Crippen LogP contribution in [0.4, 0.5) is 15.8 Å². The third-order valence-corrected chi connectivity index (χ3v) is 5.57. The minimum Gasteiger partial charge on any atom is -0.300 e. The van der Waals surface area contributed by atoms with Gasteiger partial charge in [-0.3, -0.25) is 25.1 Å². The number of benzene rings is 2. The van der Waals surface area contributed by atoms with Gasteiger partial charge in [0.1, 0.15) is 6.67 Å². The molecule has 0 bridgehead atoms. The monoisotopic (exact) mass is 416 g/mol. The van der Waals surface area contributed by atoms with Crippen molar-refractivity contribution in [2.45, 2.75) is 18.9 Å².